The number of pyridine rings is 2. The molecule has 0 spiro atoms. The summed E-state index contributed by atoms with van der Waals surface area (Å²) in [7, 11) is 0. The molecule has 0 bridgehead atoms. The van der Waals surface area contributed by atoms with E-state index in [2.05, 4.69) is 398 Å². The van der Waals surface area contributed by atoms with Crippen LogP contribution in [0.2, 0.25) is 0 Å². The van der Waals surface area contributed by atoms with Gasteiger partial charge in [0.25, 0.3) is 0 Å². The summed E-state index contributed by atoms with van der Waals surface area (Å²) in [6.07, 6.45) is 7.40. The number of furan rings is 1. The molecule has 0 atom stereocenters. The highest BCUT2D eigenvalue weighted by Gasteiger charge is 2.24. The van der Waals surface area contributed by atoms with Crippen molar-refractivity contribution >= 4 is 141 Å². The van der Waals surface area contributed by atoms with Gasteiger partial charge in [0.1, 0.15) is 11.2 Å². The van der Waals surface area contributed by atoms with Gasteiger partial charge in [0, 0.05) is 155 Å². The van der Waals surface area contributed by atoms with Crippen LogP contribution in [0.3, 0.4) is 0 Å². The Labute approximate surface area is 726 Å². The number of benzene rings is 16. The van der Waals surface area contributed by atoms with Gasteiger partial charge in [-0.15, -0.1) is 11.3 Å². The van der Waals surface area contributed by atoms with E-state index in [1.54, 1.807) is 12.4 Å². The lowest BCUT2D eigenvalue weighted by atomic mass is 10.0. The average Bonchev–Trinajstić information content (AvgIpc) is 1.58. The molecule has 0 amide bonds. The topological polar surface area (TPSA) is 110 Å². The number of hydrogen-bond donors (Lipinski definition) is 0. The van der Waals surface area contributed by atoms with Crippen molar-refractivity contribution in [3.05, 3.63) is 425 Å². The Morgan fingerprint density at radius 1 is 0.190 bits per heavy atom. The third kappa shape index (κ3) is 12.2. The molecule has 0 fully saturated rings. The van der Waals surface area contributed by atoms with E-state index in [9.17, 15) is 0 Å². The summed E-state index contributed by atoms with van der Waals surface area (Å²) < 4.78 is 18.5. The summed E-state index contributed by atoms with van der Waals surface area (Å²) in [5.74, 6) is 1.29. The molecular formula is C114H70N10OS. The molecule has 0 N–H and O–H groups in total. The van der Waals surface area contributed by atoms with E-state index in [1.807, 2.05) is 54.1 Å². The van der Waals surface area contributed by atoms with Gasteiger partial charge in [0.2, 0.25) is 0 Å². The highest BCUT2D eigenvalue weighted by Crippen LogP contribution is 2.45. The predicted molar refractivity (Wildman–Crippen MR) is 521 cm³/mol. The molecule has 0 aliphatic carbocycles. The highest BCUT2D eigenvalue weighted by atomic mass is 32.1. The molecule has 0 saturated heterocycles. The van der Waals surface area contributed by atoms with E-state index in [0.29, 0.717) is 11.6 Å². The van der Waals surface area contributed by atoms with Gasteiger partial charge in [-0.25, -0.2) is 19.9 Å². The van der Waals surface area contributed by atoms with E-state index in [4.69, 9.17) is 24.4 Å². The zero-order valence-electron chi connectivity index (χ0n) is 67.7. The molecule has 16 aromatic carbocycles. The van der Waals surface area contributed by atoms with Crippen LogP contribution in [0.25, 0.3) is 242 Å². The van der Waals surface area contributed by atoms with Crippen LogP contribution in [0.1, 0.15) is 0 Å². The van der Waals surface area contributed by atoms with Gasteiger partial charge in [-0.3, -0.25) is 9.97 Å². The second-order valence-corrected chi connectivity index (χ2v) is 33.2. The maximum Gasteiger partial charge on any atom is 0.160 e. The molecule has 0 saturated carbocycles. The van der Waals surface area contributed by atoms with Gasteiger partial charge >= 0.3 is 0 Å². The number of aromatic nitrogens is 10. The quantitative estimate of drug-likeness (QED) is 0.120. The van der Waals surface area contributed by atoms with Crippen molar-refractivity contribution < 1.29 is 4.42 Å². The maximum atomic E-state index is 6.39. The van der Waals surface area contributed by atoms with Crippen molar-refractivity contribution in [1.29, 1.82) is 0 Å². The van der Waals surface area contributed by atoms with Crippen LogP contribution in [0.4, 0.5) is 0 Å². The zero-order valence-corrected chi connectivity index (χ0v) is 68.5. The van der Waals surface area contributed by atoms with Crippen molar-refractivity contribution in [2.75, 3.05) is 0 Å². The Hall–Kier alpha value is -16.8. The SMILES string of the molecule is c1cncc(-c2ccc(-c3cc(-c4cc(-n5c6ccccc6c6ccccc65)cc(-n5c6ccccc6c6ccccc65)c4)nc(-c4ccc5c(c4)oc4ccccc45)n3)cc2)c1.c1cncc(-c2ccc(-c3cc(-c4cc(-n5c6ccccc6c6ccccc65)cc(-n5c6ccccc6c6ccccc65)c4)nc(-c4ccc5c(c4)sc4ccccc45)n3)cc2)c1. The first-order valence-electron chi connectivity index (χ1n) is 42.3. The Morgan fingerprint density at radius 3 is 0.857 bits per heavy atom. The van der Waals surface area contributed by atoms with Crippen LogP contribution >= 0.6 is 11.3 Å². The number of hydrogen-bond acceptors (Lipinski definition) is 8. The Kier molecular flexibility index (Phi) is 16.9. The molecule has 0 unspecified atom stereocenters. The molecule has 12 heteroatoms. The average molecular weight is 1630 g/mol. The summed E-state index contributed by atoms with van der Waals surface area (Å²) in [6, 6.07) is 143. The standard InChI is InChI=1S/C57H35N5O.C57H35N5S/c2*1-6-18-51-43(13-1)44-14-2-7-19-52(44)61(51)41-30-40(31-42(33-41)62-53-20-8-3-15-45(53)46-16-4-9-21-54(46)62)50-34-49(37-25-23-36(24-26-37)39-12-11-29-58-35-39)59-57(60-50)38-27-28-48-47-17-5-10-22-55(47)63-56(48)32-38/h2*1-35H. The van der Waals surface area contributed by atoms with E-state index < -0.39 is 0 Å². The minimum absolute atomic E-state index is 0.613. The van der Waals surface area contributed by atoms with Crippen LogP contribution in [-0.4, -0.2) is 48.2 Å². The van der Waals surface area contributed by atoms with Crippen LogP contribution in [0.5, 0.6) is 0 Å². The van der Waals surface area contributed by atoms with Gasteiger partial charge in [0.15, 0.2) is 11.6 Å². The van der Waals surface area contributed by atoms with Crippen molar-refractivity contribution in [3.8, 4) is 113 Å². The molecule has 11 nitrogen and oxygen atoms in total. The molecule has 0 aliphatic rings. The summed E-state index contributed by atoms with van der Waals surface area (Å²) in [6.45, 7) is 0. The van der Waals surface area contributed by atoms with E-state index in [0.717, 1.165) is 167 Å². The van der Waals surface area contributed by atoms with Gasteiger partial charge in [-0.05, 0) is 162 Å². The smallest absolute Gasteiger partial charge is 0.160 e. The first-order chi connectivity index (χ1) is 62.4. The monoisotopic (exact) mass is 1630 g/mol. The van der Waals surface area contributed by atoms with Crippen LogP contribution in [0, 0.1) is 0 Å². The van der Waals surface area contributed by atoms with Crippen LogP contribution < -0.4 is 0 Å². The van der Waals surface area contributed by atoms with Gasteiger partial charge < -0.3 is 22.7 Å². The lowest BCUT2D eigenvalue weighted by Crippen LogP contribution is -2.01. The number of nitrogens with zero attached hydrogens (tertiary/aromatic N) is 10. The molecule has 126 heavy (non-hydrogen) atoms. The summed E-state index contributed by atoms with van der Waals surface area (Å²) >= 11 is 1.81. The molecule has 588 valence electrons. The fraction of sp³-hybridized carbons (Fsp3) is 0. The van der Waals surface area contributed by atoms with Crippen molar-refractivity contribution in [3.63, 3.8) is 0 Å². The first kappa shape index (κ1) is 72.1. The van der Waals surface area contributed by atoms with E-state index in [-0.39, 0.29) is 0 Å². The zero-order chi connectivity index (χ0) is 82.9. The van der Waals surface area contributed by atoms with Gasteiger partial charge in [0.05, 0.1) is 66.9 Å². The third-order valence-corrected chi connectivity index (χ3v) is 26.0. The highest BCUT2D eigenvalue weighted by molar-refractivity contribution is 7.25. The Bertz CT molecular complexity index is 7870. The van der Waals surface area contributed by atoms with Crippen molar-refractivity contribution in [1.82, 2.24) is 48.2 Å². The molecule has 10 heterocycles. The third-order valence-electron chi connectivity index (χ3n) is 24.8. The molecule has 10 aromatic heterocycles. The van der Waals surface area contributed by atoms with Gasteiger partial charge in [-0.2, -0.15) is 0 Å². The summed E-state index contributed by atoms with van der Waals surface area (Å²) in [5.41, 5.74) is 28.4. The lowest BCUT2D eigenvalue weighted by molar-refractivity contribution is 0.669. The molecule has 26 rings (SSSR count). The molecular weight excluding hydrogens is 1560 g/mol. The number of rotatable bonds is 12. The lowest BCUT2D eigenvalue weighted by Gasteiger charge is -2.16. The fourth-order valence-electron chi connectivity index (χ4n) is 19.0. The maximum absolute atomic E-state index is 6.39. The molecule has 0 radical (unpaired) electrons. The summed E-state index contributed by atoms with van der Waals surface area (Å²) in [4.78, 5) is 30.3. The predicted octanol–water partition coefficient (Wildman–Crippen LogP) is 29.7. The first-order valence-corrected chi connectivity index (χ1v) is 43.1. The van der Waals surface area contributed by atoms with Crippen molar-refractivity contribution in [2.45, 2.75) is 0 Å². The van der Waals surface area contributed by atoms with Crippen LogP contribution in [-0.2, 0) is 0 Å². The molecule has 26 aromatic rings. The number of thiophene rings is 1. The molecule has 0 aliphatic heterocycles. The van der Waals surface area contributed by atoms with Crippen molar-refractivity contribution in [2.24, 2.45) is 0 Å². The Morgan fingerprint density at radius 2 is 0.484 bits per heavy atom. The number of fused-ring (bicyclic) bond motifs is 18. The minimum Gasteiger partial charge on any atom is -0.456 e. The normalized spacial score (nSPS) is 11.8. The fourth-order valence-corrected chi connectivity index (χ4v) is 20.2. The second kappa shape index (κ2) is 29.5. The number of para-hydroxylation sites is 9. The van der Waals surface area contributed by atoms with Crippen LogP contribution in [0.15, 0.2) is 430 Å². The largest absolute Gasteiger partial charge is 0.456 e. The minimum atomic E-state index is 0.613. The van der Waals surface area contributed by atoms with E-state index >= 15 is 0 Å². The summed E-state index contributed by atoms with van der Waals surface area (Å²) in [5, 5.41) is 14.4. The second-order valence-electron chi connectivity index (χ2n) is 32.1. The van der Waals surface area contributed by atoms with Gasteiger partial charge in [-0.1, -0.05) is 261 Å². The van der Waals surface area contributed by atoms with E-state index in [1.165, 1.54) is 63.3 Å². The Balaban J connectivity index is 0.000000137.